The molecule has 1 aliphatic carbocycles. The van der Waals surface area contributed by atoms with E-state index in [1.165, 1.54) is 32.1 Å². The zero-order valence-corrected chi connectivity index (χ0v) is 21.2. The highest BCUT2D eigenvalue weighted by atomic mass is 127. The number of aliphatic imine (C=N–C) groups is 1. The lowest BCUT2D eigenvalue weighted by molar-refractivity contribution is 0.204. The Labute approximate surface area is 198 Å². The average Bonchev–Trinajstić information content (AvgIpc) is 3.35. The van der Waals surface area contributed by atoms with Gasteiger partial charge in [-0.2, -0.15) is 0 Å². The van der Waals surface area contributed by atoms with E-state index in [0.717, 1.165) is 31.2 Å². The minimum Gasteiger partial charge on any atom is -0.383 e. The molecule has 0 atom stereocenters. The number of nitrogens with zero attached hydrogens (tertiary/aromatic N) is 2. The fraction of sp³-hybridized carbons (Fsp3) is 0.667. The molecule has 1 aromatic carbocycles. The number of methoxy groups -OCH3 is 1. The molecule has 0 bridgehead atoms. The van der Waals surface area contributed by atoms with Gasteiger partial charge in [-0.3, -0.25) is 0 Å². The first-order chi connectivity index (χ1) is 14.0. The molecule has 170 valence electrons. The highest BCUT2D eigenvalue weighted by molar-refractivity contribution is 14.0. The fourth-order valence-electron chi connectivity index (χ4n) is 4.41. The van der Waals surface area contributed by atoms with E-state index in [1.54, 1.807) is 25.3 Å². The van der Waals surface area contributed by atoms with Gasteiger partial charge in [0.15, 0.2) is 5.96 Å². The first kappa shape index (κ1) is 25.4. The quantitative estimate of drug-likeness (QED) is 0.225. The van der Waals surface area contributed by atoms with Crippen LogP contribution in [0.25, 0.3) is 0 Å². The van der Waals surface area contributed by atoms with Crippen LogP contribution in [-0.4, -0.2) is 59.2 Å². The first-order valence-electron chi connectivity index (χ1n) is 10.6. The Balaban J connectivity index is 0.00000320. The summed E-state index contributed by atoms with van der Waals surface area (Å²) in [5.41, 5.74) is 1.36. The Bertz CT molecular complexity index is 810. The summed E-state index contributed by atoms with van der Waals surface area (Å²) in [5.74, 6) is 0.933. The second-order valence-electron chi connectivity index (χ2n) is 8.09. The van der Waals surface area contributed by atoms with Crippen LogP contribution in [0.5, 0.6) is 0 Å². The van der Waals surface area contributed by atoms with Crippen molar-refractivity contribution in [2.24, 2.45) is 10.4 Å². The summed E-state index contributed by atoms with van der Waals surface area (Å²) in [5, 5.41) is 3.41. The van der Waals surface area contributed by atoms with E-state index in [-0.39, 0.29) is 35.4 Å². The molecule has 1 aliphatic heterocycles. The summed E-state index contributed by atoms with van der Waals surface area (Å²) in [6.07, 6.45) is 6.61. The van der Waals surface area contributed by atoms with E-state index in [4.69, 9.17) is 9.73 Å². The minimum absolute atomic E-state index is 0. The highest BCUT2D eigenvalue weighted by Gasteiger charge is 2.41. The van der Waals surface area contributed by atoms with Gasteiger partial charge < -0.3 is 15.0 Å². The second-order valence-corrected chi connectivity index (χ2v) is 9.85. The van der Waals surface area contributed by atoms with Crippen LogP contribution in [0.2, 0.25) is 0 Å². The molecule has 2 N–H and O–H groups in total. The number of hydrogen-bond acceptors (Lipinski definition) is 4. The Hall–Kier alpha value is -0.910. The molecule has 0 aromatic heterocycles. The predicted octanol–water partition coefficient (Wildman–Crippen LogP) is 2.96. The number of sulfonamides is 1. The number of nitrogens with one attached hydrogen (secondary N) is 2. The third kappa shape index (κ3) is 6.54. The van der Waals surface area contributed by atoms with Crippen molar-refractivity contribution in [3.8, 4) is 0 Å². The lowest BCUT2D eigenvalue weighted by Crippen LogP contribution is -2.41. The van der Waals surface area contributed by atoms with Crippen LogP contribution in [0.1, 0.15) is 44.6 Å². The summed E-state index contributed by atoms with van der Waals surface area (Å²) in [7, 11) is -1.99. The molecule has 2 fully saturated rings. The molecule has 1 spiro atoms. The highest BCUT2D eigenvalue weighted by Crippen LogP contribution is 2.45. The maximum absolute atomic E-state index is 12.4. The summed E-state index contributed by atoms with van der Waals surface area (Å²) < 4.78 is 32.3. The summed E-state index contributed by atoms with van der Waals surface area (Å²) >= 11 is 0. The van der Waals surface area contributed by atoms with Crippen LogP contribution in [0, 0.1) is 5.41 Å². The van der Waals surface area contributed by atoms with Crippen LogP contribution in [-0.2, 0) is 21.3 Å². The molecule has 9 heteroatoms. The fourth-order valence-corrected chi connectivity index (χ4v) is 5.50. The van der Waals surface area contributed by atoms with Crippen LogP contribution in [0.3, 0.4) is 0 Å². The number of hydrogen-bond donors (Lipinski definition) is 2. The van der Waals surface area contributed by atoms with Crippen LogP contribution in [0.15, 0.2) is 34.2 Å². The minimum atomic E-state index is -3.54. The Morgan fingerprint density at radius 2 is 2.03 bits per heavy atom. The van der Waals surface area contributed by atoms with E-state index in [0.29, 0.717) is 18.6 Å². The average molecular weight is 551 g/mol. The van der Waals surface area contributed by atoms with Gasteiger partial charge in [-0.1, -0.05) is 25.0 Å². The van der Waals surface area contributed by atoms with Gasteiger partial charge in [0.25, 0.3) is 0 Å². The molecule has 1 aromatic rings. The molecule has 1 heterocycles. The smallest absolute Gasteiger partial charge is 0.240 e. The maximum atomic E-state index is 12.4. The van der Waals surface area contributed by atoms with Gasteiger partial charge >= 0.3 is 0 Å². The lowest BCUT2D eigenvalue weighted by Gasteiger charge is -2.26. The van der Waals surface area contributed by atoms with Gasteiger partial charge in [-0.15, -0.1) is 24.0 Å². The normalized spacial score (nSPS) is 18.6. The Morgan fingerprint density at radius 3 is 2.73 bits per heavy atom. The number of benzene rings is 1. The van der Waals surface area contributed by atoms with Crippen molar-refractivity contribution in [3.63, 3.8) is 0 Å². The number of halogens is 1. The van der Waals surface area contributed by atoms with Gasteiger partial charge in [-0.25, -0.2) is 18.1 Å². The number of ether oxygens (including phenoxy) is 1. The molecule has 1 saturated carbocycles. The Morgan fingerprint density at radius 1 is 1.27 bits per heavy atom. The summed E-state index contributed by atoms with van der Waals surface area (Å²) in [6.45, 7) is 6.07. The molecule has 0 unspecified atom stereocenters. The van der Waals surface area contributed by atoms with Crippen molar-refractivity contribution in [2.45, 2.75) is 50.5 Å². The molecule has 1 saturated heterocycles. The van der Waals surface area contributed by atoms with Crippen LogP contribution < -0.4 is 10.0 Å². The van der Waals surface area contributed by atoms with Gasteiger partial charge in [0.2, 0.25) is 10.0 Å². The Kier molecular flexibility index (Phi) is 9.83. The topological polar surface area (TPSA) is 83.0 Å². The number of guanidine groups is 1. The van der Waals surface area contributed by atoms with Crippen molar-refractivity contribution in [3.05, 3.63) is 29.8 Å². The molecular formula is C21H35IN4O3S. The maximum Gasteiger partial charge on any atom is 0.240 e. The molecule has 0 amide bonds. The largest absolute Gasteiger partial charge is 0.383 e. The molecule has 2 aliphatic rings. The van der Waals surface area contributed by atoms with Gasteiger partial charge in [0, 0.05) is 33.3 Å². The summed E-state index contributed by atoms with van der Waals surface area (Å²) in [6, 6.07) is 7.00. The van der Waals surface area contributed by atoms with E-state index >= 15 is 0 Å². The van der Waals surface area contributed by atoms with E-state index in [9.17, 15) is 8.42 Å². The zero-order valence-electron chi connectivity index (χ0n) is 18.0. The standard InChI is InChI=1S/C21H34N4O3S.HI/c1-3-22-20(25-13-11-21(17-25)9-4-5-10-21)23-16-18-7-6-8-19(15-18)29(26,27)24-12-14-28-2;/h6-8,15,24H,3-5,9-14,16-17H2,1-2H3,(H,22,23);1H. The monoisotopic (exact) mass is 550 g/mol. The van der Waals surface area contributed by atoms with Crippen molar-refractivity contribution in [2.75, 3.05) is 39.9 Å². The molecule has 0 radical (unpaired) electrons. The zero-order chi connectivity index (χ0) is 20.7. The molecule has 3 rings (SSSR count). The van der Waals surface area contributed by atoms with E-state index in [2.05, 4.69) is 21.9 Å². The van der Waals surface area contributed by atoms with Gasteiger partial charge in [0.05, 0.1) is 18.0 Å². The van der Waals surface area contributed by atoms with Gasteiger partial charge in [0.1, 0.15) is 0 Å². The van der Waals surface area contributed by atoms with Crippen molar-refractivity contribution in [1.82, 2.24) is 14.9 Å². The SMILES string of the molecule is CCNC(=NCc1cccc(S(=O)(=O)NCCOC)c1)N1CCC2(CCCC2)C1.I. The molecule has 7 nitrogen and oxygen atoms in total. The summed E-state index contributed by atoms with van der Waals surface area (Å²) in [4.78, 5) is 7.45. The van der Waals surface area contributed by atoms with Crippen molar-refractivity contribution < 1.29 is 13.2 Å². The number of rotatable bonds is 8. The van der Waals surface area contributed by atoms with E-state index < -0.39 is 10.0 Å². The van der Waals surface area contributed by atoms with E-state index in [1.807, 2.05) is 6.07 Å². The number of likely N-dealkylation sites (tertiary alicyclic amines) is 1. The van der Waals surface area contributed by atoms with Crippen molar-refractivity contribution in [1.29, 1.82) is 0 Å². The van der Waals surface area contributed by atoms with Gasteiger partial charge in [-0.05, 0) is 49.3 Å². The lowest BCUT2D eigenvalue weighted by atomic mass is 9.86. The van der Waals surface area contributed by atoms with Crippen LogP contribution >= 0.6 is 24.0 Å². The third-order valence-corrected chi connectivity index (χ3v) is 7.41. The third-order valence-electron chi connectivity index (χ3n) is 5.96. The first-order valence-corrected chi connectivity index (χ1v) is 12.1. The molecule has 30 heavy (non-hydrogen) atoms. The predicted molar refractivity (Wildman–Crippen MR) is 131 cm³/mol. The second kappa shape index (κ2) is 11.6. The van der Waals surface area contributed by atoms with Crippen LogP contribution in [0.4, 0.5) is 0 Å². The van der Waals surface area contributed by atoms with Crippen molar-refractivity contribution >= 4 is 40.0 Å². The molecular weight excluding hydrogens is 515 g/mol.